The largest absolute Gasteiger partial charge is 0.463 e. The van der Waals surface area contributed by atoms with Gasteiger partial charge in [0.2, 0.25) is 0 Å². The molecule has 10 nitrogen and oxygen atoms in total. The Hall–Kier alpha value is -2.36. The lowest BCUT2D eigenvalue weighted by Crippen LogP contribution is -2.61. The van der Waals surface area contributed by atoms with Crippen LogP contribution in [0.2, 0.25) is 0 Å². The molecule has 1 rings (SSSR count). The minimum atomic E-state index is -1.26. The first-order valence-corrected chi connectivity index (χ1v) is 7.94. The molecule has 0 radical (unpaired) electrons. The normalized spacial score (nSPS) is 27.5. The van der Waals surface area contributed by atoms with E-state index in [1.54, 1.807) is 0 Å². The summed E-state index contributed by atoms with van der Waals surface area (Å²) in [5.41, 5.74) is 0. The summed E-state index contributed by atoms with van der Waals surface area (Å²) in [7, 11) is 0. The maximum absolute atomic E-state index is 11.5. The lowest BCUT2D eigenvalue weighted by Gasteiger charge is -2.42. The van der Waals surface area contributed by atoms with Crippen LogP contribution in [0.4, 0.5) is 0 Å². The maximum Gasteiger partial charge on any atom is 0.303 e. The van der Waals surface area contributed by atoms with Gasteiger partial charge in [-0.1, -0.05) is 0 Å². The van der Waals surface area contributed by atoms with Gasteiger partial charge in [-0.05, 0) is 12.2 Å². The molecule has 5 atom stereocenters. The molecule has 0 saturated carbocycles. The second-order valence-electron chi connectivity index (χ2n) is 5.31. The monoisotopic (exact) mass is 389 g/mol. The van der Waals surface area contributed by atoms with E-state index in [1.807, 2.05) is 0 Å². The smallest absolute Gasteiger partial charge is 0.303 e. The zero-order chi connectivity index (χ0) is 19.9. The summed E-state index contributed by atoms with van der Waals surface area (Å²) < 4.78 is 26.0. The zero-order valence-electron chi connectivity index (χ0n) is 14.6. The lowest BCUT2D eigenvalue weighted by molar-refractivity contribution is -0.250. The first-order chi connectivity index (χ1) is 12.1. The van der Waals surface area contributed by atoms with E-state index in [1.165, 1.54) is 6.92 Å². The van der Waals surface area contributed by atoms with Crippen molar-refractivity contribution in [1.29, 1.82) is 0 Å². The van der Waals surface area contributed by atoms with E-state index in [4.69, 9.17) is 23.7 Å². The Morgan fingerprint density at radius 2 is 1.38 bits per heavy atom. The van der Waals surface area contributed by atoms with Gasteiger partial charge in [-0.15, -0.1) is 0 Å². The summed E-state index contributed by atoms with van der Waals surface area (Å²) >= 11 is 4.55. The molecule has 144 valence electrons. The molecule has 0 aromatic heterocycles. The van der Waals surface area contributed by atoms with Gasteiger partial charge in [0.15, 0.2) is 24.5 Å². The second-order valence-corrected chi connectivity index (χ2v) is 5.49. The third-order valence-corrected chi connectivity index (χ3v) is 3.25. The number of hydrogen-bond acceptors (Lipinski definition) is 11. The van der Waals surface area contributed by atoms with Crippen LogP contribution in [0.5, 0.6) is 0 Å². The van der Waals surface area contributed by atoms with E-state index >= 15 is 0 Å². The predicted octanol–water partition coefficient (Wildman–Crippen LogP) is 0.172. The van der Waals surface area contributed by atoms with Crippen LogP contribution in [0, 0.1) is 0 Å². The molecule has 1 heterocycles. The standard InChI is InChI=1S/C15H19NO9S/c1-7(17)21-5-11-12(22-8(2)18)13(23-9(3)19)14(24-10(4)20)15(25-11)16-6-26/h11-15H,5H2,1-4H3/t11-,12+,13+,14+,15-/m0/s1. The number of carbonyl (C=O) groups is 4. The number of rotatable bonds is 6. The van der Waals surface area contributed by atoms with Crippen molar-refractivity contribution in [3.05, 3.63) is 0 Å². The van der Waals surface area contributed by atoms with Gasteiger partial charge >= 0.3 is 23.9 Å². The Balaban J connectivity index is 3.28. The van der Waals surface area contributed by atoms with Crippen molar-refractivity contribution in [2.75, 3.05) is 6.61 Å². The fraction of sp³-hybridized carbons (Fsp3) is 0.667. The quantitative estimate of drug-likeness (QED) is 0.268. The third-order valence-electron chi connectivity index (χ3n) is 3.15. The lowest BCUT2D eigenvalue weighted by atomic mass is 9.97. The number of esters is 4. The summed E-state index contributed by atoms with van der Waals surface area (Å²) in [6, 6.07) is 0. The average Bonchev–Trinajstić information content (AvgIpc) is 2.50. The molecule has 1 aliphatic heterocycles. The van der Waals surface area contributed by atoms with Gasteiger partial charge in [0.25, 0.3) is 0 Å². The molecule has 0 aliphatic carbocycles. The summed E-state index contributed by atoms with van der Waals surface area (Å²) in [5, 5.41) is 2.09. The van der Waals surface area contributed by atoms with Crippen LogP contribution in [-0.4, -0.2) is 66.3 Å². The fourth-order valence-electron chi connectivity index (χ4n) is 2.36. The summed E-state index contributed by atoms with van der Waals surface area (Å²) in [4.78, 5) is 49.3. The highest BCUT2D eigenvalue weighted by atomic mass is 32.1. The number of ether oxygens (including phenoxy) is 5. The predicted molar refractivity (Wildman–Crippen MR) is 87.0 cm³/mol. The molecule has 0 aromatic rings. The minimum absolute atomic E-state index is 0.318. The van der Waals surface area contributed by atoms with Crippen molar-refractivity contribution < 1.29 is 42.9 Å². The summed E-state index contributed by atoms with van der Waals surface area (Å²) in [6.45, 7) is 4.26. The van der Waals surface area contributed by atoms with Crippen LogP contribution in [0.1, 0.15) is 27.7 Å². The van der Waals surface area contributed by atoms with Crippen LogP contribution < -0.4 is 0 Å². The Kier molecular flexibility index (Phi) is 8.30. The van der Waals surface area contributed by atoms with Gasteiger partial charge in [0, 0.05) is 27.7 Å². The molecular formula is C15H19NO9S. The van der Waals surface area contributed by atoms with Gasteiger partial charge in [-0.25, -0.2) is 0 Å². The van der Waals surface area contributed by atoms with Crippen molar-refractivity contribution in [3.63, 3.8) is 0 Å². The van der Waals surface area contributed by atoms with Crippen LogP contribution in [0.15, 0.2) is 4.99 Å². The Morgan fingerprint density at radius 1 is 0.885 bits per heavy atom. The molecule has 1 fully saturated rings. The molecule has 11 heteroatoms. The molecule has 0 bridgehead atoms. The third kappa shape index (κ3) is 6.51. The van der Waals surface area contributed by atoms with Gasteiger partial charge in [0.05, 0.1) is 5.16 Å². The second kappa shape index (κ2) is 9.95. The van der Waals surface area contributed by atoms with E-state index in [2.05, 4.69) is 22.4 Å². The van der Waals surface area contributed by atoms with Crippen LogP contribution in [0.25, 0.3) is 0 Å². The first kappa shape index (κ1) is 21.7. The van der Waals surface area contributed by atoms with E-state index in [-0.39, 0.29) is 6.61 Å². The molecule has 1 aliphatic rings. The Bertz CT molecular complexity index is 616. The molecule has 0 spiro atoms. The summed E-state index contributed by atoms with van der Waals surface area (Å²) in [5.74, 6) is -2.74. The Labute approximate surface area is 154 Å². The zero-order valence-corrected chi connectivity index (χ0v) is 15.4. The van der Waals surface area contributed by atoms with Crippen molar-refractivity contribution in [1.82, 2.24) is 0 Å². The van der Waals surface area contributed by atoms with E-state index in [9.17, 15) is 19.2 Å². The van der Waals surface area contributed by atoms with Gasteiger partial charge in [0.1, 0.15) is 12.7 Å². The number of aliphatic imine (C=N–C) groups is 1. The van der Waals surface area contributed by atoms with Crippen LogP contribution in [-0.2, 0) is 42.9 Å². The highest BCUT2D eigenvalue weighted by molar-refractivity contribution is 7.78. The summed E-state index contributed by atoms with van der Waals surface area (Å²) in [6.07, 6.45) is -5.96. The van der Waals surface area contributed by atoms with E-state index in [0.29, 0.717) is 0 Å². The van der Waals surface area contributed by atoms with Crippen molar-refractivity contribution in [3.8, 4) is 0 Å². The van der Waals surface area contributed by atoms with Gasteiger partial charge in [-0.2, -0.15) is 4.99 Å². The fourth-order valence-corrected chi connectivity index (χ4v) is 2.47. The number of hydrogen-bond donors (Lipinski definition) is 0. The highest BCUT2D eigenvalue weighted by Crippen LogP contribution is 2.29. The minimum Gasteiger partial charge on any atom is -0.463 e. The van der Waals surface area contributed by atoms with Gasteiger partial charge < -0.3 is 23.7 Å². The van der Waals surface area contributed by atoms with Crippen LogP contribution in [0.3, 0.4) is 0 Å². The molecule has 0 amide bonds. The number of isothiocyanates is 1. The van der Waals surface area contributed by atoms with Crippen LogP contribution >= 0.6 is 12.2 Å². The van der Waals surface area contributed by atoms with Crippen molar-refractivity contribution >= 4 is 41.3 Å². The van der Waals surface area contributed by atoms with E-state index in [0.717, 1.165) is 20.8 Å². The highest BCUT2D eigenvalue weighted by Gasteiger charge is 2.52. The maximum atomic E-state index is 11.5. The molecular weight excluding hydrogens is 370 g/mol. The van der Waals surface area contributed by atoms with E-state index < -0.39 is 54.5 Å². The first-order valence-electron chi connectivity index (χ1n) is 7.53. The average molecular weight is 389 g/mol. The van der Waals surface area contributed by atoms with Crippen molar-refractivity contribution in [2.24, 2.45) is 4.99 Å². The SMILES string of the molecule is CC(=O)OC[C@@H]1O[C@H](N=C=S)[C@H](OC(C)=O)[C@H](OC(C)=O)[C@@H]1OC(C)=O. The number of thiocarbonyl (C=S) groups is 1. The van der Waals surface area contributed by atoms with Gasteiger partial charge in [-0.3, -0.25) is 19.2 Å². The number of nitrogens with zero attached hydrogens (tertiary/aromatic N) is 1. The number of carbonyl (C=O) groups excluding carboxylic acids is 4. The molecule has 26 heavy (non-hydrogen) atoms. The molecule has 0 aromatic carbocycles. The van der Waals surface area contributed by atoms with Crippen molar-refractivity contribution in [2.45, 2.75) is 58.3 Å². The molecule has 0 N–H and O–H groups in total. The Morgan fingerprint density at radius 3 is 1.85 bits per heavy atom. The topological polar surface area (TPSA) is 127 Å². The molecule has 1 saturated heterocycles. The molecule has 0 unspecified atom stereocenters.